The molecule has 2 aromatic carbocycles. The Balaban J connectivity index is 1.51. The van der Waals surface area contributed by atoms with Gasteiger partial charge in [-0.05, 0) is 30.2 Å². The van der Waals surface area contributed by atoms with E-state index in [0.29, 0.717) is 6.54 Å². The van der Waals surface area contributed by atoms with Crippen molar-refractivity contribution >= 4 is 22.5 Å². The average Bonchev–Trinajstić information content (AvgIpc) is 2.96. The molecule has 0 aliphatic carbocycles. The molecule has 0 bridgehead atoms. The third-order valence-corrected chi connectivity index (χ3v) is 6.16. The number of hydrogen-bond donors (Lipinski definition) is 0. The molecule has 0 saturated carbocycles. The van der Waals surface area contributed by atoms with Gasteiger partial charge in [-0.1, -0.05) is 48.5 Å². The van der Waals surface area contributed by atoms with Gasteiger partial charge in [0.05, 0.1) is 23.1 Å². The SMILES string of the molecule is Cn1c(-c2ccccc2)c(C(=O)N2CCCN(c3cccnc3)CC2)c2ccccc21. The van der Waals surface area contributed by atoms with Crippen molar-refractivity contribution in [3.63, 3.8) is 0 Å². The Bertz CT molecular complexity index is 1200. The summed E-state index contributed by atoms with van der Waals surface area (Å²) < 4.78 is 2.15. The van der Waals surface area contributed by atoms with Crippen LogP contribution in [0.1, 0.15) is 16.8 Å². The van der Waals surface area contributed by atoms with E-state index in [1.165, 1.54) is 0 Å². The molecule has 1 aliphatic rings. The molecule has 31 heavy (non-hydrogen) atoms. The molecule has 1 amide bonds. The molecule has 5 nitrogen and oxygen atoms in total. The highest BCUT2D eigenvalue weighted by molar-refractivity contribution is 6.12. The highest BCUT2D eigenvalue weighted by Crippen LogP contribution is 2.34. The number of fused-ring (bicyclic) bond motifs is 1. The molecule has 5 rings (SSSR count). The van der Waals surface area contributed by atoms with Gasteiger partial charge in [-0.25, -0.2) is 0 Å². The predicted octanol–water partition coefficient (Wildman–Crippen LogP) is 4.59. The van der Waals surface area contributed by atoms with Gasteiger partial charge in [-0.3, -0.25) is 9.78 Å². The van der Waals surface area contributed by atoms with Crippen LogP contribution in [-0.2, 0) is 7.05 Å². The van der Waals surface area contributed by atoms with E-state index in [2.05, 4.69) is 44.8 Å². The van der Waals surface area contributed by atoms with Crippen LogP contribution in [0.25, 0.3) is 22.2 Å². The van der Waals surface area contributed by atoms with Crippen molar-refractivity contribution in [2.75, 3.05) is 31.1 Å². The number of anilines is 1. The Hall–Kier alpha value is -3.60. The molecular formula is C26H26N4O. The number of nitrogens with zero attached hydrogens (tertiary/aromatic N) is 4. The predicted molar refractivity (Wildman–Crippen MR) is 125 cm³/mol. The fraction of sp³-hybridized carbons (Fsp3) is 0.231. The lowest BCUT2D eigenvalue weighted by molar-refractivity contribution is 0.0769. The highest BCUT2D eigenvalue weighted by Gasteiger charge is 2.27. The standard InChI is InChI=1S/C26H26N4O/c1-28-23-13-6-5-12-22(23)24(25(28)20-9-3-2-4-10-20)26(31)30-16-8-15-29(17-18-30)21-11-7-14-27-19-21/h2-7,9-14,19H,8,15-18H2,1H3. The second-order valence-electron chi connectivity index (χ2n) is 8.01. The van der Waals surface area contributed by atoms with Crippen molar-refractivity contribution in [2.24, 2.45) is 7.05 Å². The summed E-state index contributed by atoms with van der Waals surface area (Å²) in [6.45, 7) is 3.19. The molecule has 156 valence electrons. The zero-order valence-corrected chi connectivity index (χ0v) is 17.7. The first-order valence-corrected chi connectivity index (χ1v) is 10.8. The number of benzene rings is 2. The van der Waals surface area contributed by atoms with Gasteiger partial charge in [0.15, 0.2) is 0 Å². The number of para-hydroxylation sites is 1. The van der Waals surface area contributed by atoms with Gasteiger partial charge in [0.25, 0.3) is 5.91 Å². The van der Waals surface area contributed by atoms with E-state index in [1.807, 2.05) is 54.5 Å². The molecule has 3 heterocycles. The largest absolute Gasteiger partial charge is 0.368 e. The van der Waals surface area contributed by atoms with Gasteiger partial charge >= 0.3 is 0 Å². The topological polar surface area (TPSA) is 41.4 Å². The molecule has 0 atom stereocenters. The highest BCUT2D eigenvalue weighted by atomic mass is 16.2. The van der Waals surface area contributed by atoms with Crippen LogP contribution in [0.2, 0.25) is 0 Å². The second kappa shape index (κ2) is 8.26. The van der Waals surface area contributed by atoms with Crippen LogP contribution in [0.4, 0.5) is 5.69 Å². The number of aryl methyl sites for hydroxylation is 1. The number of amides is 1. The van der Waals surface area contributed by atoms with E-state index in [9.17, 15) is 4.79 Å². The molecular weight excluding hydrogens is 384 g/mol. The lowest BCUT2D eigenvalue weighted by atomic mass is 10.0. The minimum atomic E-state index is 0.115. The first-order chi connectivity index (χ1) is 15.2. The first kappa shape index (κ1) is 19.4. The third kappa shape index (κ3) is 3.56. The van der Waals surface area contributed by atoms with E-state index >= 15 is 0 Å². The van der Waals surface area contributed by atoms with Crippen LogP contribution in [0.15, 0.2) is 79.1 Å². The van der Waals surface area contributed by atoms with E-state index < -0.39 is 0 Å². The third-order valence-electron chi connectivity index (χ3n) is 6.16. The molecule has 1 aliphatic heterocycles. The minimum absolute atomic E-state index is 0.115. The summed E-state index contributed by atoms with van der Waals surface area (Å²) in [4.78, 5) is 22.5. The van der Waals surface area contributed by atoms with Crippen LogP contribution in [-0.4, -0.2) is 46.5 Å². The van der Waals surface area contributed by atoms with Gasteiger partial charge < -0.3 is 14.4 Å². The van der Waals surface area contributed by atoms with E-state index in [1.54, 1.807) is 6.20 Å². The maximum Gasteiger partial charge on any atom is 0.256 e. The minimum Gasteiger partial charge on any atom is -0.368 e. The van der Waals surface area contributed by atoms with Gasteiger partial charge in [-0.2, -0.15) is 0 Å². The quantitative estimate of drug-likeness (QED) is 0.496. The molecule has 1 saturated heterocycles. The van der Waals surface area contributed by atoms with Crippen molar-refractivity contribution in [2.45, 2.75) is 6.42 Å². The second-order valence-corrected chi connectivity index (χ2v) is 8.01. The van der Waals surface area contributed by atoms with Gasteiger partial charge in [0.2, 0.25) is 0 Å². The summed E-state index contributed by atoms with van der Waals surface area (Å²) in [5.74, 6) is 0.115. The van der Waals surface area contributed by atoms with Gasteiger partial charge in [0, 0.05) is 50.3 Å². The number of aromatic nitrogens is 2. The number of carbonyl (C=O) groups is 1. The summed E-state index contributed by atoms with van der Waals surface area (Å²) in [6, 6.07) is 22.5. The Morgan fingerprint density at radius 2 is 1.68 bits per heavy atom. The Morgan fingerprint density at radius 3 is 2.48 bits per heavy atom. The van der Waals surface area contributed by atoms with Crippen LogP contribution in [0.5, 0.6) is 0 Å². The number of carbonyl (C=O) groups excluding carboxylic acids is 1. The molecule has 0 spiro atoms. The fourth-order valence-corrected chi connectivity index (χ4v) is 4.62. The molecule has 5 heteroatoms. The lowest BCUT2D eigenvalue weighted by Crippen LogP contribution is -2.35. The molecule has 2 aromatic heterocycles. The van der Waals surface area contributed by atoms with E-state index in [4.69, 9.17) is 0 Å². The van der Waals surface area contributed by atoms with E-state index in [0.717, 1.165) is 59.5 Å². The number of rotatable bonds is 3. The summed E-state index contributed by atoms with van der Waals surface area (Å²) in [5, 5.41) is 1.02. The van der Waals surface area contributed by atoms with Crippen molar-refractivity contribution < 1.29 is 4.79 Å². The molecule has 0 radical (unpaired) electrons. The van der Waals surface area contributed by atoms with Crippen molar-refractivity contribution in [3.8, 4) is 11.3 Å². The average molecular weight is 411 g/mol. The molecule has 0 N–H and O–H groups in total. The zero-order valence-electron chi connectivity index (χ0n) is 17.7. The number of hydrogen-bond acceptors (Lipinski definition) is 3. The summed E-state index contributed by atoms with van der Waals surface area (Å²) >= 11 is 0. The van der Waals surface area contributed by atoms with Crippen LogP contribution >= 0.6 is 0 Å². The van der Waals surface area contributed by atoms with Gasteiger partial charge in [0.1, 0.15) is 0 Å². The van der Waals surface area contributed by atoms with Crippen molar-refractivity contribution in [1.82, 2.24) is 14.5 Å². The van der Waals surface area contributed by atoms with Crippen molar-refractivity contribution in [3.05, 3.63) is 84.7 Å². The summed E-state index contributed by atoms with van der Waals surface area (Å²) in [5.41, 5.74) is 5.05. The normalized spacial score (nSPS) is 14.6. The van der Waals surface area contributed by atoms with Gasteiger partial charge in [-0.15, -0.1) is 0 Å². The fourth-order valence-electron chi connectivity index (χ4n) is 4.62. The summed E-state index contributed by atoms with van der Waals surface area (Å²) in [7, 11) is 2.05. The number of pyridine rings is 1. The van der Waals surface area contributed by atoms with E-state index in [-0.39, 0.29) is 5.91 Å². The maximum absolute atomic E-state index is 13.9. The monoisotopic (exact) mass is 410 g/mol. The molecule has 1 fully saturated rings. The van der Waals surface area contributed by atoms with Crippen LogP contribution < -0.4 is 4.90 Å². The van der Waals surface area contributed by atoms with Crippen LogP contribution in [0, 0.1) is 0 Å². The Morgan fingerprint density at radius 1 is 0.871 bits per heavy atom. The molecule has 0 unspecified atom stereocenters. The first-order valence-electron chi connectivity index (χ1n) is 10.8. The lowest BCUT2D eigenvalue weighted by Gasteiger charge is -2.23. The van der Waals surface area contributed by atoms with Crippen molar-refractivity contribution in [1.29, 1.82) is 0 Å². The smallest absolute Gasteiger partial charge is 0.256 e. The maximum atomic E-state index is 13.9. The summed E-state index contributed by atoms with van der Waals surface area (Å²) in [6.07, 6.45) is 4.63. The van der Waals surface area contributed by atoms with Crippen LogP contribution in [0.3, 0.4) is 0 Å². The zero-order chi connectivity index (χ0) is 21.2. The molecule has 4 aromatic rings. The Kier molecular flexibility index (Phi) is 5.16. The Labute approximate surface area is 182 Å².